The highest BCUT2D eigenvalue weighted by Crippen LogP contribution is 2.23. The molecule has 29 heavy (non-hydrogen) atoms. The van der Waals surface area contributed by atoms with Gasteiger partial charge in [-0.25, -0.2) is 0 Å². The van der Waals surface area contributed by atoms with Crippen LogP contribution < -0.4 is 10.1 Å². The Bertz CT molecular complexity index is 595. The van der Waals surface area contributed by atoms with Crippen LogP contribution in [-0.4, -0.2) is 49.3 Å². The maximum Gasteiger partial charge on any atom is 0.256 e. The molecule has 1 aliphatic heterocycles. The van der Waals surface area contributed by atoms with Crippen LogP contribution in [0.1, 0.15) is 66.2 Å². The molecule has 0 aliphatic carbocycles. The molecule has 0 unspecified atom stereocenters. The van der Waals surface area contributed by atoms with Crippen molar-refractivity contribution in [1.29, 1.82) is 0 Å². The summed E-state index contributed by atoms with van der Waals surface area (Å²) in [6.07, 6.45) is 6.26. The summed E-state index contributed by atoms with van der Waals surface area (Å²) in [5.41, 5.74) is -0.0118. The van der Waals surface area contributed by atoms with E-state index in [-0.39, 0.29) is 5.91 Å². The lowest BCUT2D eigenvalue weighted by Crippen LogP contribution is -2.43. The van der Waals surface area contributed by atoms with Crippen LogP contribution in [0, 0.1) is 5.92 Å². The number of hydrogen-bond acceptors (Lipinski definition) is 4. The van der Waals surface area contributed by atoms with Gasteiger partial charge in [-0.2, -0.15) is 0 Å². The third-order valence-corrected chi connectivity index (χ3v) is 5.64. The SMILES string of the molecule is CCCC[C@](C)(OCCC)C(=O)Nc1ccc(OCCN2CCC[C@@H](C)C2)cc1. The van der Waals surface area contributed by atoms with Gasteiger partial charge in [-0.15, -0.1) is 0 Å². The number of benzene rings is 1. The predicted molar refractivity (Wildman–Crippen MR) is 120 cm³/mol. The van der Waals surface area contributed by atoms with Crippen molar-refractivity contribution in [1.82, 2.24) is 4.90 Å². The summed E-state index contributed by atoms with van der Waals surface area (Å²) < 4.78 is 11.8. The molecule has 1 aromatic carbocycles. The molecule has 1 aromatic rings. The number of hydrogen-bond donors (Lipinski definition) is 1. The molecule has 0 bridgehead atoms. The number of nitrogens with zero attached hydrogens (tertiary/aromatic N) is 1. The average Bonchev–Trinajstić information content (AvgIpc) is 2.72. The first-order chi connectivity index (χ1) is 14.0. The van der Waals surface area contributed by atoms with E-state index >= 15 is 0 Å². The monoisotopic (exact) mass is 404 g/mol. The fraction of sp³-hybridized carbons (Fsp3) is 0.708. The number of likely N-dealkylation sites (tertiary alicyclic amines) is 1. The Labute approximate surface area is 177 Å². The van der Waals surface area contributed by atoms with E-state index < -0.39 is 5.60 Å². The van der Waals surface area contributed by atoms with Crippen molar-refractivity contribution >= 4 is 11.6 Å². The molecule has 164 valence electrons. The number of carbonyl (C=O) groups is 1. The number of ether oxygens (including phenoxy) is 2. The summed E-state index contributed by atoms with van der Waals surface area (Å²) in [5.74, 6) is 1.55. The minimum Gasteiger partial charge on any atom is -0.492 e. The zero-order chi connectivity index (χ0) is 21.1. The van der Waals surface area contributed by atoms with Crippen LogP contribution in [0.4, 0.5) is 5.69 Å². The molecule has 0 saturated carbocycles. The third kappa shape index (κ3) is 7.98. The Morgan fingerprint density at radius 3 is 2.62 bits per heavy atom. The molecule has 0 radical (unpaired) electrons. The maximum absolute atomic E-state index is 12.8. The lowest BCUT2D eigenvalue weighted by atomic mass is 9.97. The average molecular weight is 405 g/mol. The number of unbranched alkanes of at least 4 members (excludes halogenated alkanes) is 1. The van der Waals surface area contributed by atoms with Crippen molar-refractivity contribution in [2.24, 2.45) is 5.92 Å². The molecule has 5 nitrogen and oxygen atoms in total. The van der Waals surface area contributed by atoms with Crippen LogP contribution in [-0.2, 0) is 9.53 Å². The Kier molecular flexibility index (Phi) is 9.95. The van der Waals surface area contributed by atoms with Crippen molar-refractivity contribution < 1.29 is 14.3 Å². The topological polar surface area (TPSA) is 50.8 Å². The van der Waals surface area contributed by atoms with Gasteiger partial charge in [0.05, 0.1) is 0 Å². The van der Waals surface area contributed by atoms with Gasteiger partial charge in [0.25, 0.3) is 5.91 Å². The minimum absolute atomic E-state index is 0.0766. The van der Waals surface area contributed by atoms with Crippen molar-refractivity contribution in [2.75, 3.05) is 38.2 Å². The smallest absolute Gasteiger partial charge is 0.256 e. The molecule has 2 atom stereocenters. The summed E-state index contributed by atoms with van der Waals surface area (Å²) in [7, 11) is 0. The largest absolute Gasteiger partial charge is 0.492 e. The quantitative estimate of drug-likeness (QED) is 0.526. The number of piperidine rings is 1. The van der Waals surface area contributed by atoms with Crippen LogP contribution in [0.3, 0.4) is 0 Å². The number of rotatable bonds is 12. The molecule has 5 heteroatoms. The van der Waals surface area contributed by atoms with Crippen LogP contribution in [0.25, 0.3) is 0 Å². The van der Waals surface area contributed by atoms with Crippen LogP contribution in [0.2, 0.25) is 0 Å². The summed E-state index contributed by atoms with van der Waals surface area (Å²) in [5, 5.41) is 3.01. The van der Waals surface area contributed by atoms with Gasteiger partial charge >= 0.3 is 0 Å². The lowest BCUT2D eigenvalue weighted by Gasteiger charge is -2.30. The highest BCUT2D eigenvalue weighted by Gasteiger charge is 2.33. The van der Waals surface area contributed by atoms with Gasteiger partial charge < -0.3 is 14.8 Å². The number of anilines is 1. The van der Waals surface area contributed by atoms with E-state index in [1.165, 1.54) is 25.9 Å². The summed E-state index contributed by atoms with van der Waals surface area (Å²) in [4.78, 5) is 15.3. The molecule has 0 spiro atoms. The molecule has 1 N–H and O–H groups in total. The first-order valence-electron chi connectivity index (χ1n) is 11.4. The second-order valence-corrected chi connectivity index (χ2v) is 8.56. The van der Waals surface area contributed by atoms with E-state index in [2.05, 4.69) is 31.0 Å². The van der Waals surface area contributed by atoms with Crippen molar-refractivity contribution in [3.8, 4) is 5.75 Å². The van der Waals surface area contributed by atoms with E-state index in [4.69, 9.17) is 9.47 Å². The maximum atomic E-state index is 12.8. The second-order valence-electron chi connectivity index (χ2n) is 8.56. The molecule has 0 aromatic heterocycles. The van der Waals surface area contributed by atoms with E-state index in [9.17, 15) is 4.79 Å². The van der Waals surface area contributed by atoms with Crippen molar-refractivity contribution in [2.45, 2.75) is 71.8 Å². The van der Waals surface area contributed by atoms with Gasteiger partial charge in [0.2, 0.25) is 0 Å². The first kappa shape index (κ1) is 23.7. The zero-order valence-corrected chi connectivity index (χ0v) is 18.8. The summed E-state index contributed by atoms with van der Waals surface area (Å²) >= 11 is 0. The number of amides is 1. The Morgan fingerprint density at radius 1 is 1.21 bits per heavy atom. The molecule has 1 heterocycles. The molecule has 1 amide bonds. The van der Waals surface area contributed by atoms with Crippen molar-refractivity contribution in [3.05, 3.63) is 24.3 Å². The van der Waals surface area contributed by atoms with Gasteiger partial charge in [0.15, 0.2) is 0 Å². The molecule has 2 rings (SSSR count). The highest BCUT2D eigenvalue weighted by molar-refractivity contribution is 5.97. The van der Waals surface area contributed by atoms with E-state index in [1.807, 2.05) is 31.2 Å². The molecule has 1 aliphatic rings. The Morgan fingerprint density at radius 2 is 1.97 bits per heavy atom. The molecule has 1 fully saturated rings. The summed E-state index contributed by atoms with van der Waals surface area (Å²) in [6.45, 7) is 13.0. The second kappa shape index (κ2) is 12.2. The normalized spacial score (nSPS) is 19.5. The van der Waals surface area contributed by atoms with E-state index in [1.54, 1.807) is 0 Å². The highest BCUT2D eigenvalue weighted by atomic mass is 16.5. The predicted octanol–water partition coefficient (Wildman–Crippen LogP) is 5.11. The Balaban J connectivity index is 1.82. The van der Waals surface area contributed by atoms with Gasteiger partial charge in [-0.1, -0.05) is 33.6 Å². The van der Waals surface area contributed by atoms with Gasteiger partial charge in [-0.3, -0.25) is 9.69 Å². The minimum atomic E-state index is -0.785. The Hall–Kier alpha value is -1.59. The molecular formula is C24H40N2O3. The van der Waals surface area contributed by atoms with Crippen LogP contribution >= 0.6 is 0 Å². The molecule has 1 saturated heterocycles. The van der Waals surface area contributed by atoms with Crippen LogP contribution in [0.15, 0.2) is 24.3 Å². The van der Waals surface area contributed by atoms with Crippen LogP contribution in [0.5, 0.6) is 5.75 Å². The van der Waals surface area contributed by atoms with Gasteiger partial charge in [0.1, 0.15) is 18.0 Å². The standard InChI is InChI=1S/C24H40N2O3/c1-5-7-14-24(4,29-17-6-2)23(27)25-21-10-12-22(13-11-21)28-18-16-26-15-8-9-20(3)19-26/h10-13,20H,5-9,14-19H2,1-4H3,(H,25,27)/t20-,24+/m1/s1. The third-order valence-electron chi connectivity index (χ3n) is 5.64. The summed E-state index contributed by atoms with van der Waals surface area (Å²) in [6, 6.07) is 7.64. The fourth-order valence-corrected chi connectivity index (χ4v) is 3.77. The van der Waals surface area contributed by atoms with Gasteiger partial charge in [0, 0.05) is 25.4 Å². The van der Waals surface area contributed by atoms with Crippen molar-refractivity contribution in [3.63, 3.8) is 0 Å². The van der Waals surface area contributed by atoms with E-state index in [0.29, 0.717) is 13.2 Å². The fourth-order valence-electron chi connectivity index (χ4n) is 3.77. The zero-order valence-electron chi connectivity index (χ0n) is 18.8. The first-order valence-corrected chi connectivity index (χ1v) is 11.4. The lowest BCUT2D eigenvalue weighted by molar-refractivity contribution is -0.140. The van der Waals surface area contributed by atoms with E-state index in [0.717, 1.165) is 49.6 Å². The van der Waals surface area contributed by atoms with Gasteiger partial charge in [-0.05, 0) is 69.3 Å². The number of nitrogens with one attached hydrogen (secondary N) is 1. The molecular weight excluding hydrogens is 364 g/mol. The number of carbonyl (C=O) groups excluding carboxylic acids is 1.